The zero-order valence-corrected chi connectivity index (χ0v) is 18.2. The lowest BCUT2D eigenvalue weighted by Crippen LogP contribution is -2.40. The summed E-state index contributed by atoms with van der Waals surface area (Å²) in [4.78, 5) is 40.1. The highest BCUT2D eigenvalue weighted by Crippen LogP contribution is 2.42. The van der Waals surface area contributed by atoms with Crippen molar-refractivity contribution < 1.29 is 18.9 Å². The molecule has 1 unspecified atom stereocenters. The third kappa shape index (κ3) is 3.78. The van der Waals surface area contributed by atoms with Gasteiger partial charge in [-0.15, -0.1) is 0 Å². The average molecular weight is 437 g/mol. The fourth-order valence-electron chi connectivity index (χ4n) is 5.34. The molecule has 3 aliphatic rings. The molecule has 8 heteroatoms. The van der Waals surface area contributed by atoms with Gasteiger partial charge in [0, 0.05) is 30.4 Å². The number of rotatable bonds is 4. The molecule has 1 saturated carbocycles. The maximum atomic E-state index is 12.8. The van der Waals surface area contributed by atoms with Crippen molar-refractivity contribution in [1.29, 1.82) is 0 Å². The highest BCUT2D eigenvalue weighted by atomic mass is 16.5. The Morgan fingerprint density at radius 3 is 2.59 bits per heavy atom. The van der Waals surface area contributed by atoms with E-state index < -0.39 is 0 Å². The Bertz CT molecular complexity index is 1050. The minimum absolute atomic E-state index is 0.0204. The Morgan fingerprint density at radius 2 is 1.91 bits per heavy atom. The minimum Gasteiger partial charge on any atom is -0.361 e. The zero-order valence-electron chi connectivity index (χ0n) is 18.2. The summed E-state index contributed by atoms with van der Waals surface area (Å²) in [5.74, 6) is 0.181. The monoisotopic (exact) mass is 436 g/mol. The molecule has 2 fully saturated rings. The van der Waals surface area contributed by atoms with Crippen LogP contribution in [0.5, 0.6) is 0 Å². The normalized spacial score (nSPS) is 21.5. The molecule has 1 saturated heterocycles. The molecular weight excluding hydrogens is 408 g/mol. The molecule has 0 radical (unpaired) electrons. The molecule has 0 bridgehead atoms. The van der Waals surface area contributed by atoms with Gasteiger partial charge in [0.15, 0.2) is 0 Å². The Balaban J connectivity index is 1.28. The summed E-state index contributed by atoms with van der Waals surface area (Å²) in [6.07, 6.45) is 7.30. The molecule has 1 aromatic carbocycles. The molecule has 2 aliphatic heterocycles. The van der Waals surface area contributed by atoms with E-state index in [1.807, 2.05) is 12.1 Å². The Hall–Kier alpha value is -3.16. The number of amides is 3. The van der Waals surface area contributed by atoms with Gasteiger partial charge in [0.1, 0.15) is 11.3 Å². The number of fused-ring (bicyclic) bond motifs is 1. The van der Waals surface area contributed by atoms with Gasteiger partial charge in [-0.05, 0) is 62.3 Å². The number of aryl methyl sites for hydroxylation is 1. The van der Waals surface area contributed by atoms with E-state index in [9.17, 15) is 14.4 Å². The molecule has 3 amide bonds. The zero-order chi connectivity index (χ0) is 22.2. The van der Waals surface area contributed by atoms with Crippen LogP contribution in [0.1, 0.15) is 76.5 Å². The van der Waals surface area contributed by atoms with Gasteiger partial charge in [-0.2, -0.15) is 0 Å². The van der Waals surface area contributed by atoms with Gasteiger partial charge in [0.05, 0.1) is 12.1 Å². The summed E-state index contributed by atoms with van der Waals surface area (Å²) in [5, 5.41) is 9.80. The Kier molecular flexibility index (Phi) is 5.45. The fraction of sp³-hybridized carbons (Fsp3) is 0.500. The van der Waals surface area contributed by atoms with Crippen molar-refractivity contribution in [2.24, 2.45) is 5.92 Å². The van der Waals surface area contributed by atoms with E-state index >= 15 is 0 Å². The summed E-state index contributed by atoms with van der Waals surface area (Å²) >= 11 is 0. The van der Waals surface area contributed by atoms with Crippen LogP contribution < -0.4 is 10.6 Å². The molecule has 8 nitrogen and oxygen atoms in total. The van der Waals surface area contributed by atoms with Gasteiger partial charge in [-0.3, -0.25) is 14.4 Å². The first kappa shape index (κ1) is 20.7. The van der Waals surface area contributed by atoms with E-state index in [4.69, 9.17) is 4.52 Å². The van der Waals surface area contributed by atoms with Gasteiger partial charge < -0.3 is 20.1 Å². The van der Waals surface area contributed by atoms with E-state index in [1.165, 1.54) is 6.20 Å². The van der Waals surface area contributed by atoms with Crippen LogP contribution in [0.25, 0.3) is 0 Å². The van der Waals surface area contributed by atoms with E-state index in [0.717, 1.165) is 49.8 Å². The number of benzene rings is 1. The van der Waals surface area contributed by atoms with Crippen LogP contribution in [0, 0.1) is 12.8 Å². The maximum absolute atomic E-state index is 12.8. The number of hydrogen-bond acceptors (Lipinski definition) is 5. The number of anilines is 1. The second-order valence-corrected chi connectivity index (χ2v) is 9.15. The molecule has 1 aromatic heterocycles. The van der Waals surface area contributed by atoms with Crippen molar-refractivity contribution in [2.45, 2.75) is 57.4 Å². The van der Waals surface area contributed by atoms with Crippen LogP contribution in [-0.2, 0) is 4.79 Å². The average Bonchev–Trinajstić information content (AvgIpc) is 3.53. The van der Waals surface area contributed by atoms with Crippen molar-refractivity contribution in [3.8, 4) is 0 Å². The van der Waals surface area contributed by atoms with E-state index in [-0.39, 0.29) is 35.6 Å². The Morgan fingerprint density at radius 1 is 1.16 bits per heavy atom. The number of aromatic nitrogens is 1. The topological polar surface area (TPSA) is 105 Å². The van der Waals surface area contributed by atoms with Gasteiger partial charge in [0.25, 0.3) is 11.8 Å². The summed E-state index contributed by atoms with van der Waals surface area (Å²) in [6, 6.07) is 5.75. The number of nitrogens with one attached hydrogen (secondary N) is 2. The first-order valence-corrected chi connectivity index (χ1v) is 11.5. The number of carbonyl (C=O) groups is 3. The van der Waals surface area contributed by atoms with Crippen LogP contribution in [0.4, 0.5) is 5.69 Å². The van der Waals surface area contributed by atoms with Gasteiger partial charge in [-0.1, -0.05) is 18.0 Å². The van der Waals surface area contributed by atoms with Crippen molar-refractivity contribution >= 4 is 23.4 Å². The highest BCUT2D eigenvalue weighted by Gasteiger charge is 2.39. The molecule has 2 aromatic rings. The first-order chi connectivity index (χ1) is 15.5. The van der Waals surface area contributed by atoms with Crippen molar-refractivity contribution in [2.75, 3.05) is 18.4 Å². The third-order valence-electron chi connectivity index (χ3n) is 7.16. The van der Waals surface area contributed by atoms with Crippen LogP contribution >= 0.6 is 0 Å². The van der Waals surface area contributed by atoms with E-state index in [0.29, 0.717) is 30.0 Å². The largest absolute Gasteiger partial charge is 0.361 e. The predicted octanol–water partition coefficient (Wildman–Crippen LogP) is 3.24. The summed E-state index contributed by atoms with van der Waals surface area (Å²) in [6.45, 7) is 2.89. The third-order valence-corrected chi connectivity index (χ3v) is 7.16. The SMILES string of the molecule is Cc1oncc1C(=O)N1CCC(C2C(=O)Nc3ccc(C(=O)NC4CCCC4)cc32)CC1. The number of likely N-dealkylation sites (tertiary alicyclic amines) is 1. The molecule has 2 N–H and O–H groups in total. The molecule has 1 aliphatic carbocycles. The van der Waals surface area contributed by atoms with Crippen LogP contribution in [0.3, 0.4) is 0 Å². The predicted molar refractivity (Wildman–Crippen MR) is 117 cm³/mol. The lowest BCUT2D eigenvalue weighted by molar-refractivity contribution is -0.118. The van der Waals surface area contributed by atoms with Crippen LogP contribution in [0.2, 0.25) is 0 Å². The van der Waals surface area contributed by atoms with E-state index in [1.54, 1.807) is 17.9 Å². The summed E-state index contributed by atoms with van der Waals surface area (Å²) < 4.78 is 5.02. The molecule has 0 spiro atoms. The quantitative estimate of drug-likeness (QED) is 0.766. The number of hydrogen-bond donors (Lipinski definition) is 2. The maximum Gasteiger partial charge on any atom is 0.259 e. The molecule has 5 rings (SSSR count). The lowest BCUT2D eigenvalue weighted by Gasteiger charge is -2.34. The lowest BCUT2D eigenvalue weighted by atomic mass is 9.80. The van der Waals surface area contributed by atoms with Gasteiger partial charge in [-0.25, -0.2) is 0 Å². The first-order valence-electron chi connectivity index (χ1n) is 11.5. The molecule has 32 heavy (non-hydrogen) atoms. The molecule has 168 valence electrons. The molecule has 1 atom stereocenters. The van der Waals surface area contributed by atoms with Gasteiger partial charge >= 0.3 is 0 Å². The smallest absolute Gasteiger partial charge is 0.259 e. The fourth-order valence-corrected chi connectivity index (χ4v) is 5.34. The van der Waals surface area contributed by atoms with Gasteiger partial charge in [0.2, 0.25) is 5.91 Å². The minimum atomic E-state index is -0.293. The number of nitrogens with zero attached hydrogens (tertiary/aromatic N) is 2. The van der Waals surface area contributed by atoms with Crippen LogP contribution in [0.15, 0.2) is 28.9 Å². The highest BCUT2D eigenvalue weighted by molar-refractivity contribution is 6.05. The summed E-state index contributed by atoms with van der Waals surface area (Å²) in [5.41, 5.74) is 2.78. The molecule has 3 heterocycles. The second kappa shape index (κ2) is 8.41. The van der Waals surface area contributed by atoms with Crippen LogP contribution in [-0.4, -0.2) is 46.9 Å². The standard InChI is InChI=1S/C24H28N4O4/c1-14-19(13-25-32-14)24(31)28-10-8-15(9-11-28)21-18-12-16(6-7-20(18)27-23(21)30)22(29)26-17-4-2-3-5-17/h6-7,12-13,15,17,21H,2-5,8-11H2,1H3,(H,26,29)(H,27,30). The van der Waals surface area contributed by atoms with E-state index in [2.05, 4.69) is 15.8 Å². The van der Waals surface area contributed by atoms with Crippen molar-refractivity contribution in [3.05, 3.63) is 46.8 Å². The summed E-state index contributed by atoms with van der Waals surface area (Å²) in [7, 11) is 0. The van der Waals surface area contributed by atoms with Crippen molar-refractivity contribution in [3.63, 3.8) is 0 Å². The second-order valence-electron chi connectivity index (χ2n) is 9.15. The number of piperidine rings is 1. The Labute approximate surface area is 186 Å². The number of carbonyl (C=O) groups excluding carboxylic acids is 3. The molecular formula is C24H28N4O4. The van der Waals surface area contributed by atoms with Crippen molar-refractivity contribution in [1.82, 2.24) is 15.4 Å².